The molecular formula is C22H26N2O3S. The number of thiocyanates is 1. The zero-order valence-electron chi connectivity index (χ0n) is 16.4. The minimum absolute atomic E-state index is 0.170. The van der Waals surface area contributed by atoms with Gasteiger partial charge < -0.3 is 10.1 Å². The minimum Gasteiger partial charge on any atom is -0.455 e. The van der Waals surface area contributed by atoms with E-state index in [1.165, 1.54) is 19.3 Å². The second kappa shape index (κ2) is 7.44. The first-order valence-corrected chi connectivity index (χ1v) is 10.8. The average molecular weight is 399 g/mol. The van der Waals surface area contributed by atoms with Crippen molar-refractivity contribution in [2.24, 2.45) is 23.2 Å². The van der Waals surface area contributed by atoms with E-state index in [2.05, 4.69) is 10.7 Å². The molecule has 0 saturated heterocycles. The minimum atomic E-state index is -0.336. The number of anilines is 1. The number of thioether (sulfide) groups is 1. The van der Waals surface area contributed by atoms with Gasteiger partial charge in [-0.3, -0.25) is 9.59 Å². The molecule has 0 aliphatic heterocycles. The summed E-state index contributed by atoms with van der Waals surface area (Å²) in [4.78, 5) is 26.1. The molecule has 0 heterocycles. The average Bonchev–Trinajstić information content (AvgIpc) is 2.62. The summed E-state index contributed by atoms with van der Waals surface area (Å²) in [6.45, 7) is 3.55. The molecule has 4 saturated carbocycles. The maximum atomic E-state index is 12.9. The van der Waals surface area contributed by atoms with Crippen molar-refractivity contribution in [1.29, 1.82) is 5.26 Å². The Morgan fingerprint density at radius 3 is 2.18 bits per heavy atom. The quantitative estimate of drug-likeness (QED) is 0.446. The molecule has 0 unspecified atom stereocenters. The summed E-state index contributed by atoms with van der Waals surface area (Å²) in [6.07, 6.45) is 6.63. The first kappa shape index (κ1) is 19.3. The van der Waals surface area contributed by atoms with Gasteiger partial charge in [-0.05, 0) is 105 Å². The fourth-order valence-corrected chi connectivity index (χ4v) is 6.63. The third-order valence-corrected chi connectivity index (χ3v) is 7.30. The van der Waals surface area contributed by atoms with Gasteiger partial charge in [-0.25, -0.2) is 0 Å². The molecule has 0 aromatic heterocycles. The molecule has 28 heavy (non-hydrogen) atoms. The van der Waals surface area contributed by atoms with E-state index in [1.807, 2.05) is 26.0 Å². The third kappa shape index (κ3) is 3.65. The van der Waals surface area contributed by atoms with Crippen LogP contribution in [-0.4, -0.2) is 18.5 Å². The summed E-state index contributed by atoms with van der Waals surface area (Å²) in [5.41, 5.74) is 2.16. The van der Waals surface area contributed by atoms with Crippen molar-refractivity contribution >= 4 is 29.3 Å². The molecule has 0 spiro atoms. The number of hydrogen-bond acceptors (Lipinski definition) is 5. The van der Waals surface area contributed by atoms with Crippen LogP contribution in [0.15, 0.2) is 17.0 Å². The molecule has 4 aliphatic rings. The number of ether oxygens (including phenoxy) is 1. The van der Waals surface area contributed by atoms with Gasteiger partial charge in [0, 0.05) is 10.6 Å². The maximum Gasteiger partial charge on any atom is 0.312 e. The number of aryl methyl sites for hydroxylation is 2. The largest absolute Gasteiger partial charge is 0.455 e. The van der Waals surface area contributed by atoms with E-state index in [9.17, 15) is 9.59 Å². The van der Waals surface area contributed by atoms with Gasteiger partial charge in [0.25, 0.3) is 5.91 Å². The summed E-state index contributed by atoms with van der Waals surface area (Å²) >= 11 is 1.10. The van der Waals surface area contributed by atoms with Crippen LogP contribution in [0, 0.1) is 47.7 Å². The summed E-state index contributed by atoms with van der Waals surface area (Å²) in [5, 5.41) is 13.7. The Morgan fingerprint density at radius 2 is 1.68 bits per heavy atom. The molecule has 4 fully saturated rings. The van der Waals surface area contributed by atoms with Crippen molar-refractivity contribution < 1.29 is 14.3 Å². The Bertz CT molecular complexity index is 800. The van der Waals surface area contributed by atoms with Crippen LogP contribution in [0.4, 0.5) is 5.69 Å². The Morgan fingerprint density at radius 1 is 1.14 bits per heavy atom. The predicted molar refractivity (Wildman–Crippen MR) is 108 cm³/mol. The molecule has 148 valence electrons. The smallest absolute Gasteiger partial charge is 0.312 e. The molecule has 1 N–H and O–H groups in total. The van der Waals surface area contributed by atoms with E-state index in [1.54, 1.807) is 0 Å². The van der Waals surface area contributed by atoms with Crippen LogP contribution in [0.3, 0.4) is 0 Å². The number of nitrogens with zero attached hydrogens (tertiary/aromatic N) is 1. The predicted octanol–water partition coefficient (Wildman–Crippen LogP) is 4.57. The number of hydrogen-bond donors (Lipinski definition) is 1. The van der Waals surface area contributed by atoms with E-state index < -0.39 is 0 Å². The lowest BCUT2D eigenvalue weighted by atomic mass is 9.49. The lowest BCUT2D eigenvalue weighted by Gasteiger charge is -2.55. The van der Waals surface area contributed by atoms with Crippen LogP contribution in [-0.2, 0) is 14.3 Å². The van der Waals surface area contributed by atoms with E-state index in [0.717, 1.165) is 52.7 Å². The molecule has 4 aliphatic carbocycles. The Balaban J connectivity index is 1.36. The molecule has 4 bridgehead atoms. The molecule has 5 nitrogen and oxygen atoms in total. The monoisotopic (exact) mass is 398 g/mol. The lowest BCUT2D eigenvalue weighted by molar-refractivity contribution is -0.172. The van der Waals surface area contributed by atoms with Crippen molar-refractivity contribution in [3.8, 4) is 5.40 Å². The second-order valence-electron chi connectivity index (χ2n) is 8.95. The van der Waals surface area contributed by atoms with Gasteiger partial charge in [-0.2, -0.15) is 5.26 Å². The zero-order chi connectivity index (χ0) is 19.9. The molecule has 1 aromatic carbocycles. The molecular weight excluding hydrogens is 372 g/mol. The van der Waals surface area contributed by atoms with Gasteiger partial charge in [0.1, 0.15) is 5.40 Å². The van der Waals surface area contributed by atoms with Gasteiger partial charge in [-0.1, -0.05) is 0 Å². The number of nitrogens with one attached hydrogen (secondary N) is 1. The molecule has 5 rings (SSSR count). The van der Waals surface area contributed by atoms with Gasteiger partial charge in [0.15, 0.2) is 6.61 Å². The molecule has 6 heteroatoms. The van der Waals surface area contributed by atoms with Crippen LogP contribution in [0.2, 0.25) is 0 Å². The van der Waals surface area contributed by atoms with Crippen LogP contribution in [0.25, 0.3) is 0 Å². The van der Waals surface area contributed by atoms with Gasteiger partial charge in [-0.15, -0.1) is 0 Å². The van der Waals surface area contributed by atoms with Crippen LogP contribution in [0.5, 0.6) is 0 Å². The number of rotatable bonds is 5. The number of benzene rings is 1. The summed E-state index contributed by atoms with van der Waals surface area (Å²) in [7, 11) is 0. The lowest BCUT2D eigenvalue weighted by Crippen LogP contribution is -2.50. The number of carbonyl (C=O) groups excluding carboxylic acids is 2. The number of carbonyl (C=O) groups is 2. The van der Waals surface area contributed by atoms with Gasteiger partial charge >= 0.3 is 5.97 Å². The number of esters is 1. The summed E-state index contributed by atoms with van der Waals surface area (Å²) < 4.78 is 5.50. The van der Waals surface area contributed by atoms with Crippen molar-refractivity contribution in [3.63, 3.8) is 0 Å². The summed E-state index contributed by atoms with van der Waals surface area (Å²) in [5.74, 6) is 1.52. The molecule has 1 aromatic rings. The Hall–Kier alpha value is -2.00. The summed E-state index contributed by atoms with van der Waals surface area (Å²) in [6, 6.07) is 3.75. The molecule has 0 radical (unpaired) electrons. The first-order chi connectivity index (χ1) is 13.4. The Kier molecular flexibility index (Phi) is 5.13. The number of nitriles is 1. The molecule has 1 amide bonds. The normalized spacial score (nSPS) is 30.0. The van der Waals surface area contributed by atoms with Crippen molar-refractivity contribution in [2.75, 3.05) is 11.9 Å². The third-order valence-electron chi connectivity index (χ3n) is 6.74. The first-order valence-electron chi connectivity index (χ1n) is 10.0. The highest BCUT2D eigenvalue weighted by atomic mass is 32.2. The SMILES string of the molecule is Cc1cc(SC#N)cc(C)c1NC(=O)COC(=O)C12CC3CC(CC(C3)C1)C2. The van der Waals surface area contributed by atoms with Crippen molar-refractivity contribution in [1.82, 2.24) is 0 Å². The maximum absolute atomic E-state index is 12.9. The second-order valence-corrected chi connectivity index (χ2v) is 9.81. The van der Waals surface area contributed by atoms with Crippen molar-refractivity contribution in [2.45, 2.75) is 57.3 Å². The molecule has 0 atom stereocenters. The van der Waals surface area contributed by atoms with Gasteiger partial charge in [0.2, 0.25) is 0 Å². The van der Waals surface area contributed by atoms with Crippen LogP contribution in [0.1, 0.15) is 49.7 Å². The fourth-order valence-electron chi connectivity index (χ4n) is 6.05. The zero-order valence-corrected chi connectivity index (χ0v) is 17.2. The fraction of sp³-hybridized carbons (Fsp3) is 0.591. The highest BCUT2D eigenvalue weighted by Crippen LogP contribution is 2.60. The van der Waals surface area contributed by atoms with E-state index in [0.29, 0.717) is 17.8 Å². The van der Waals surface area contributed by atoms with Crippen LogP contribution < -0.4 is 5.32 Å². The highest BCUT2D eigenvalue weighted by Gasteiger charge is 2.55. The topological polar surface area (TPSA) is 79.2 Å². The standard InChI is InChI=1S/C22H26N2O3S/c1-13-3-18(28-12-23)4-14(2)20(13)24-19(25)11-27-21(26)22-8-15-5-16(9-22)7-17(6-15)10-22/h3-4,15-17H,5-11H2,1-2H3,(H,24,25). The van der Waals surface area contributed by atoms with Crippen molar-refractivity contribution in [3.05, 3.63) is 23.3 Å². The van der Waals surface area contributed by atoms with Gasteiger partial charge in [0.05, 0.1) is 5.41 Å². The van der Waals surface area contributed by atoms with Crippen LogP contribution >= 0.6 is 11.8 Å². The number of amides is 1. The van der Waals surface area contributed by atoms with E-state index in [-0.39, 0.29) is 23.9 Å². The Labute approximate surface area is 170 Å². The van der Waals surface area contributed by atoms with E-state index >= 15 is 0 Å². The highest BCUT2D eigenvalue weighted by molar-refractivity contribution is 8.03. The van der Waals surface area contributed by atoms with E-state index in [4.69, 9.17) is 10.00 Å².